The van der Waals surface area contributed by atoms with Gasteiger partial charge in [0.2, 0.25) is 5.88 Å². The van der Waals surface area contributed by atoms with Crippen LogP contribution in [0.3, 0.4) is 0 Å². The van der Waals surface area contributed by atoms with Gasteiger partial charge in [0.05, 0.1) is 5.56 Å². The van der Waals surface area contributed by atoms with Gasteiger partial charge in [-0.15, -0.1) is 0 Å². The van der Waals surface area contributed by atoms with Gasteiger partial charge in [-0.25, -0.2) is 0 Å². The third-order valence-corrected chi connectivity index (χ3v) is 1.60. The molecule has 0 aromatic carbocycles. The number of halogens is 3. The standard InChI is InChI=1S/C7H9F3N2O/c1-3(2)4-5(7(8,9)10)12-13-6(4)11/h3H,11H2,1-2H3. The minimum absolute atomic E-state index is 0.0764. The van der Waals surface area contributed by atoms with Crippen LogP contribution in [0.5, 0.6) is 0 Å². The number of aromatic nitrogens is 1. The smallest absolute Gasteiger partial charge is 0.367 e. The summed E-state index contributed by atoms with van der Waals surface area (Å²) in [5.74, 6) is -0.620. The van der Waals surface area contributed by atoms with Crippen LogP contribution in [0.2, 0.25) is 0 Å². The highest BCUT2D eigenvalue weighted by Crippen LogP contribution is 2.37. The average Bonchev–Trinajstić information content (AvgIpc) is 2.28. The van der Waals surface area contributed by atoms with Crippen LogP contribution in [-0.2, 0) is 6.18 Å². The molecule has 0 radical (unpaired) electrons. The summed E-state index contributed by atoms with van der Waals surface area (Å²) in [5.41, 5.74) is 4.11. The molecule has 0 bridgehead atoms. The summed E-state index contributed by atoms with van der Waals surface area (Å²) in [6.07, 6.45) is -4.50. The van der Waals surface area contributed by atoms with Crippen molar-refractivity contribution in [3.05, 3.63) is 11.3 Å². The first kappa shape index (κ1) is 9.88. The van der Waals surface area contributed by atoms with Crippen molar-refractivity contribution in [3.8, 4) is 0 Å². The highest BCUT2D eigenvalue weighted by Gasteiger charge is 2.39. The Labute approximate surface area is 72.7 Å². The van der Waals surface area contributed by atoms with Crippen molar-refractivity contribution in [2.45, 2.75) is 25.9 Å². The molecular weight excluding hydrogens is 185 g/mol. The topological polar surface area (TPSA) is 52.0 Å². The maximum Gasteiger partial charge on any atom is 0.437 e. The minimum atomic E-state index is -4.50. The first-order chi connectivity index (χ1) is 5.84. The Kier molecular flexibility index (Phi) is 2.23. The molecular formula is C7H9F3N2O. The van der Waals surface area contributed by atoms with E-state index in [0.717, 1.165) is 0 Å². The van der Waals surface area contributed by atoms with Crippen molar-refractivity contribution in [2.24, 2.45) is 0 Å². The van der Waals surface area contributed by atoms with Crippen LogP contribution in [0.1, 0.15) is 31.0 Å². The zero-order chi connectivity index (χ0) is 10.2. The monoisotopic (exact) mass is 194 g/mol. The van der Waals surface area contributed by atoms with E-state index in [0.29, 0.717) is 0 Å². The third-order valence-electron chi connectivity index (χ3n) is 1.60. The number of nitrogen functional groups attached to an aromatic ring is 1. The maximum absolute atomic E-state index is 12.2. The van der Waals surface area contributed by atoms with Gasteiger partial charge in [0, 0.05) is 0 Å². The number of nitrogens with zero attached hydrogens (tertiary/aromatic N) is 1. The van der Waals surface area contributed by atoms with Crippen LogP contribution in [0.4, 0.5) is 19.1 Å². The van der Waals surface area contributed by atoms with Gasteiger partial charge in [0.15, 0.2) is 5.69 Å². The van der Waals surface area contributed by atoms with Crippen LogP contribution in [0, 0.1) is 0 Å². The Morgan fingerprint density at radius 2 is 1.92 bits per heavy atom. The Bertz CT molecular complexity index is 303. The van der Waals surface area contributed by atoms with Crippen LogP contribution in [0.25, 0.3) is 0 Å². The molecule has 1 aromatic rings. The Morgan fingerprint density at radius 1 is 1.38 bits per heavy atom. The molecule has 0 spiro atoms. The van der Waals surface area contributed by atoms with Crippen molar-refractivity contribution in [3.63, 3.8) is 0 Å². The summed E-state index contributed by atoms with van der Waals surface area (Å²) in [4.78, 5) is 0. The lowest BCUT2D eigenvalue weighted by Crippen LogP contribution is -2.10. The molecule has 74 valence electrons. The van der Waals surface area contributed by atoms with Gasteiger partial charge >= 0.3 is 6.18 Å². The fourth-order valence-electron chi connectivity index (χ4n) is 1.07. The van der Waals surface area contributed by atoms with E-state index in [1.807, 2.05) is 0 Å². The second kappa shape index (κ2) is 2.93. The summed E-state index contributed by atoms with van der Waals surface area (Å²) >= 11 is 0. The molecule has 6 heteroatoms. The van der Waals surface area contributed by atoms with E-state index >= 15 is 0 Å². The lowest BCUT2D eigenvalue weighted by Gasteiger charge is -2.07. The number of rotatable bonds is 1. The van der Waals surface area contributed by atoms with Crippen molar-refractivity contribution >= 4 is 5.88 Å². The summed E-state index contributed by atoms with van der Waals surface area (Å²) in [6.45, 7) is 3.19. The Morgan fingerprint density at radius 3 is 2.23 bits per heavy atom. The molecule has 0 aliphatic rings. The molecule has 1 rings (SSSR count). The first-order valence-electron chi connectivity index (χ1n) is 3.66. The van der Waals surface area contributed by atoms with E-state index in [2.05, 4.69) is 9.68 Å². The second-order valence-electron chi connectivity index (χ2n) is 2.96. The van der Waals surface area contributed by atoms with Crippen molar-refractivity contribution in [2.75, 3.05) is 5.73 Å². The Hall–Kier alpha value is -1.20. The van der Waals surface area contributed by atoms with Crippen molar-refractivity contribution in [1.82, 2.24) is 5.16 Å². The van der Waals surface area contributed by atoms with E-state index in [1.165, 1.54) is 0 Å². The fourth-order valence-corrected chi connectivity index (χ4v) is 1.07. The predicted molar refractivity (Wildman–Crippen MR) is 40.0 cm³/mol. The molecule has 1 aromatic heterocycles. The molecule has 2 N–H and O–H groups in total. The average molecular weight is 194 g/mol. The largest absolute Gasteiger partial charge is 0.437 e. The third kappa shape index (κ3) is 1.76. The number of anilines is 1. The molecule has 3 nitrogen and oxygen atoms in total. The molecule has 0 atom stereocenters. The highest BCUT2D eigenvalue weighted by atomic mass is 19.4. The number of alkyl halides is 3. The minimum Gasteiger partial charge on any atom is -0.367 e. The summed E-state index contributed by atoms with van der Waals surface area (Å²) < 4.78 is 41.0. The highest BCUT2D eigenvalue weighted by molar-refractivity contribution is 5.42. The molecule has 13 heavy (non-hydrogen) atoms. The lowest BCUT2D eigenvalue weighted by atomic mass is 10.0. The van der Waals surface area contributed by atoms with E-state index in [4.69, 9.17) is 5.73 Å². The zero-order valence-corrected chi connectivity index (χ0v) is 7.14. The summed E-state index contributed by atoms with van der Waals surface area (Å²) in [7, 11) is 0. The van der Waals surface area contributed by atoms with E-state index in [9.17, 15) is 13.2 Å². The normalized spacial score (nSPS) is 12.5. The molecule has 0 aliphatic carbocycles. The maximum atomic E-state index is 12.2. The molecule has 0 amide bonds. The summed E-state index contributed by atoms with van der Waals surface area (Å²) in [5, 5.41) is 2.88. The van der Waals surface area contributed by atoms with Gasteiger partial charge in [0.1, 0.15) is 0 Å². The van der Waals surface area contributed by atoms with Gasteiger partial charge in [0.25, 0.3) is 0 Å². The van der Waals surface area contributed by atoms with Gasteiger partial charge in [-0.05, 0) is 5.92 Å². The first-order valence-corrected chi connectivity index (χ1v) is 3.66. The van der Waals surface area contributed by atoms with Crippen LogP contribution >= 0.6 is 0 Å². The summed E-state index contributed by atoms with van der Waals surface area (Å²) in [6, 6.07) is 0. The van der Waals surface area contributed by atoms with Crippen LogP contribution < -0.4 is 5.73 Å². The second-order valence-corrected chi connectivity index (χ2v) is 2.96. The van der Waals surface area contributed by atoms with E-state index in [-0.39, 0.29) is 17.4 Å². The number of hydrogen-bond donors (Lipinski definition) is 1. The van der Waals surface area contributed by atoms with Gasteiger partial charge in [-0.2, -0.15) is 13.2 Å². The molecule has 0 unspecified atom stereocenters. The number of nitrogens with two attached hydrogens (primary N) is 1. The quantitative estimate of drug-likeness (QED) is 0.746. The van der Waals surface area contributed by atoms with E-state index in [1.54, 1.807) is 13.8 Å². The SMILES string of the molecule is CC(C)c1c(C(F)(F)F)noc1N. The molecule has 0 aliphatic heterocycles. The van der Waals surface area contributed by atoms with Gasteiger partial charge in [-0.3, -0.25) is 0 Å². The van der Waals surface area contributed by atoms with Gasteiger partial charge < -0.3 is 10.3 Å². The lowest BCUT2D eigenvalue weighted by molar-refractivity contribution is -0.143. The van der Waals surface area contributed by atoms with Crippen molar-refractivity contribution in [1.29, 1.82) is 0 Å². The molecule has 0 saturated heterocycles. The van der Waals surface area contributed by atoms with Crippen LogP contribution in [0.15, 0.2) is 4.52 Å². The molecule has 0 fully saturated rings. The molecule has 1 heterocycles. The fraction of sp³-hybridized carbons (Fsp3) is 0.571. The predicted octanol–water partition coefficient (Wildman–Crippen LogP) is 2.40. The van der Waals surface area contributed by atoms with Crippen LogP contribution in [-0.4, -0.2) is 5.16 Å². The van der Waals surface area contributed by atoms with Gasteiger partial charge in [-0.1, -0.05) is 19.0 Å². The van der Waals surface area contributed by atoms with E-state index < -0.39 is 11.9 Å². The number of hydrogen-bond acceptors (Lipinski definition) is 3. The Balaban J connectivity index is 3.23. The molecule has 0 saturated carbocycles. The van der Waals surface area contributed by atoms with Crippen molar-refractivity contribution < 1.29 is 17.7 Å². The zero-order valence-electron chi connectivity index (χ0n) is 7.14.